The molecule has 2 amide bonds. The number of rotatable bonds is 3. The zero-order valence-corrected chi connectivity index (χ0v) is 10.7. The molecule has 1 aromatic carbocycles. The van der Waals surface area contributed by atoms with Crippen molar-refractivity contribution < 1.29 is 4.79 Å². The summed E-state index contributed by atoms with van der Waals surface area (Å²) in [4.78, 5) is 13.0. The maximum Gasteiger partial charge on any atom is 0.325 e. The molecule has 0 aliphatic heterocycles. The summed E-state index contributed by atoms with van der Waals surface area (Å²) in [5.41, 5.74) is 7.58. The highest BCUT2D eigenvalue weighted by Gasteiger charge is 2.27. The molecule has 100 valence electrons. The van der Waals surface area contributed by atoms with Crippen molar-refractivity contribution in [3.63, 3.8) is 0 Å². The number of hydrogen-bond donors (Lipinski definition) is 2. The molecule has 0 unspecified atom stereocenters. The summed E-state index contributed by atoms with van der Waals surface area (Å²) in [5, 5.41) is 15.9. The van der Waals surface area contributed by atoms with E-state index in [9.17, 15) is 4.79 Å². The van der Waals surface area contributed by atoms with Gasteiger partial charge in [0, 0.05) is 17.7 Å². The first-order chi connectivity index (χ1) is 9.69. The quantitative estimate of drug-likeness (QED) is 0.892. The first-order valence-corrected chi connectivity index (χ1v) is 6.34. The van der Waals surface area contributed by atoms with E-state index in [0.29, 0.717) is 23.0 Å². The molecule has 6 nitrogen and oxygen atoms in total. The van der Waals surface area contributed by atoms with E-state index in [1.807, 2.05) is 12.1 Å². The minimum atomic E-state index is -0.608. The number of primary amides is 1. The molecule has 0 atom stereocenters. The second-order valence-electron chi connectivity index (χ2n) is 4.79. The molecule has 1 aliphatic carbocycles. The SMILES string of the molecule is N#Cc1ccc(N(C(N)=O)c2cc(C3CC3)[nH]n2)cc1. The third-order valence-corrected chi connectivity index (χ3v) is 3.31. The van der Waals surface area contributed by atoms with Crippen LogP contribution in [-0.4, -0.2) is 16.2 Å². The Kier molecular flexibility index (Phi) is 2.88. The van der Waals surface area contributed by atoms with Crippen molar-refractivity contribution in [2.45, 2.75) is 18.8 Å². The molecule has 1 fully saturated rings. The van der Waals surface area contributed by atoms with Gasteiger partial charge in [0.15, 0.2) is 5.82 Å². The number of aromatic amines is 1. The van der Waals surface area contributed by atoms with Crippen LogP contribution in [0.5, 0.6) is 0 Å². The number of hydrogen-bond acceptors (Lipinski definition) is 3. The minimum Gasteiger partial charge on any atom is -0.351 e. The van der Waals surface area contributed by atoms with Crippen LogP contribution in [0.3, 0.4) is 0 Å². The standard InChI is InChI=1S/C14H13N5O/c15-8-9-1-5-11(6-2-9)19(14(16)20)13-7-12(17-18-13)10-3-4-10/h1-2,5-7,10H,3-4H2,(H2,16,20)(H,17,18). The van der Waals surface area contributed by atoms with E-state index in [4.69, 9.17) is 11.0 Å². The van der Waals surface area contributed by atoms with Crippen molar-refractivity contribution >= 4 is 17.5 Å². The van der Waals surface area contributed by atoms with E-state index in [1.54, 1.807) is 24.3 Å². The number of nitrogens with one attached hydrogen (secondary N) is 1. The van der Waals surface area contributed by atoms with Gasteiger partial charge in [-0.3, -0.25) is 5.10 Å². The van der Waals surface area contributed by atoms with E-state index in [1.165, 1.54) is 4.90 Å². The number of amides is 2. The van der Waals surface area contributed by atoms with Crippen LogP contribution in [0.2, 0.25) is 0 Å². The summed E-state index contributed by atoms with van der Waals surface area (Å²) in [6, 6.07) is 9.90. The molecule has 1 heterocycles. The number of benzene rings is 1. The van der Waals surface area contributed by atoms with Crippen LogP contribution in [0.4, 0.5) is 16.3 Å². The number of nitrogens with two attached hydrogens (primary N) is 1. The van der Waals surface area contributed by atoms with Crippen LogP contribution in [0.1, 0.15) is 30.0 Å². The van der Waals surface area contributed by atoms with Gasteiger partial charge in [0.2, 0.25) is 0 Å². The molecule has 3 rings (SSSR count). The number of aromatic nitrogens is 2. The zero-order chi connectivity index (χ0) is 14.1. The number of anilines is 2. The fraction of sp³-hybridized carbons (Fsp3) is 0.214. The first-order valence-electron chi connectivity index (χ1n) is 6.34. The lowest BCUT2D eigenvalue weighted by molar-refractivity contribution is 0.256. The number of carbonyl (C=O) groups is 1. The molecule has 0 spiro atoms. The van der Waals surface area contributed by atoms with Gasteiger partial charge >= 0.3 is 6.03 Å². The fourth-order valence-electron chi connectivity index (χ4n) is 2.10. The van der Waals surface area contributed by atoms with Gasteiger partial charge in [-0.15, -0.1) is 0 Å². The molecular formula is C14H13N5O. The van der Waals surface area contributed by atoms with Gasteiger partial charge in [0.05, 0.1) is 17.3 Å². The average Bonchev–Trinajstić information content (AvgIpc) is 3.19. The Morgan fingerprint density at radius 1 is 1.40 bits per heavy atom. The second kappa shape index (κ2) is 4.70. The number of nitrogens with zero attached hydrogens (tertiary/aromatic N) is 3. The number of carbonyl (C=O) groups excluding carboxylic acids is 1. The summed E-state index contributed by atoms with van der Waals surface area (Å²) >= 11 is 0. The highest BCUT2D eigenvalue weighted by atomic mass is 16.2. The number of H-pyrrole nitrogens is 1. The van der Waals surface area contributed by atoms with E-state index >= 15 is 0 Å². The fourth-order valence-corrected chi connectivity index (χ4v) is 2.10. The molecule has 0 bridgehead atoms. The van der Waals surface area contributed by atoms with Crippen molar-refractivity contribution in [3.05, 3.63) is 41.6 Å². The average molecular weight is 267 g/mol. The van der Waals surface area contributed by atoms with E-state index in [0.717, 1.165) is 18.5 Å². The predicted octanol–water partition coefficient (Wildman–Crippen LogP) is 2.38. The van der Waals surface area contributed by atoms with Crippen LogP contribution in [0.25, 0.3) is 0 Å². The molecule has 2 aromatic rings. The first kappa shape index (κ1) is 12.2. The predicted molar refractivity (Wildman–Crippen MR) is 73.4 cm³/mol. The van der Waals surface area contributed by atoms with Crippen molar-refractivity contribution in [2.24, 2.45) is 5.73 Å². The Hall–Kier alpha value is -2.81. The lowest BCUT2D eigenvalue weighted by Crippen LogP contribution is -2.31. The van der Waals surface area contributed by atoms with Gasteiger partial charge in [0.25, 0.3) is 0 Å². The highest BCUT2D eigenvalue weighted by molar-refractivity contribution is 5.97. The summed E-state index contributed by atoms with van der Waals surface area (Å²) < 4.78 is 0. The van der Waals surface area contributed by atoms with Gasteiger partial charge in [-0.1, -0.05) is 0 Å². The molecule has 0 radical (unpaired) electrons. The van der Waals surface area contributed by atoms with Gasteiger partial charge in [-0.05, 0) is 37.1 Å². The summed E-state index contributed by atoms with van der Waals surface area (Å²) in [6.45, 7) is 0. The van der Waals surface area contributed by atoms with Crippen molar-refractivity contribution in [2.75, 3.05) is 4.90 Å². The monoisotopic (exact) mass is 267 g/mol. The summed E-state index contributed by atoms with van der Waals surface area (Å²) in [5.74, 6) is 0.996. The molecule has 6 heteroatoms. The normalized spacial score (nSPS) is 13.8. The Morgan fingerprint density at radius 3 is 2.65 bits per heavy atom. The van der Waals surface area contributed by atoms with Crippen molar-refractivity contribution in [3.8, 4) is 6.07 Å². The molecule has 1 aliphatic rings. The van der Waals surface area contributed by atoms with Gasteiger partial charge < -0.3 is 5.73 Å². The number of nitriles is 1. The highest BCUT2D eigenvalue weighted by Crippen LogP contribution is 2.40. The molecular weight excluding hydrogens is 254 g/mol. The molecule has 3 N–H and O–H groups in total. The van der Waals surface area contributed by atoms with Crippen LogP contribution in [0, 0.1) is 11.3 Å². The second-order valence-corrected chi connectivity index (χ2v) is 4.79. The van der Waals surface area contributed by atoms with Gasteiger partial charge in [-0.25, -0.2) is 9.69 Å². The van der Waals surface area contributed by atoms with Crippen LogP contribution in [0.15, 0.2) is 30.3 Å². The van der Waals surface area contributed by atoms with Crippen LogP contribution in [-0.2, 0) is 0 Å². The van der Waals surface area contributed by atoms with E-state index in [2.05, 4.69) is 10.2 Å². The topological polar surface area (TPSA) is 98.8 Å². The van der Waals surface area contributed by atoms with E-state index in [-0.39, 0.29) is 0 Å². The molecule has 1 aromatic heterocycles. The van der Waals surface area contributed by atoms with Gasteiger partial charge in [-0.2, -0.15) is 10.4 Å². The third kappa shape index (κ3) is 2.21. The third-order valence-electron chi connectivity index (χ3n) is 3.31. The Balaban J connectivity index is 1.94. The minimum absolute atomic E-state index is 0.476. The van der Waals surface area contributed by atoms with Gasteiger partial charge in [0.1, 0.15) is 0 Å². The molecule has 20 heavy (non-hydrogen) atoms. The van der Waals surface area contributed by atoms with Crippen molar-refractivity contribution in [1.82, 2.24) is 10.2 Å². The molecule has 0 saturated heterocycles. The lowest BCUT2D eigenvalue weighted by Gasteiger charge is -2.17. The maximum absolute atomic E-state index is 11.7. The number of urea groups is 1. The smallest absolute Gasteiger partial charge is 0.325 e. The Bertz CT molecular complexity index is 678. The summed E-state index contributed by atoms with van der Waals surface area (Å²) in [6.07, 6.45) is 2.30. The van der Waals surface area contributed by atoms with E-state index < -0.39 is 6.03 Å². The molecule has 1 saturated carbocycles. The largest absolute Gasteiger partial charge is 0.351 e. The Morgan fingerprint density at radius 2 is 2.10 bits per heavy atom. The maximum atomic E-state index is 11.7. The lowest BCUT2D eigenvalue weighted by atomic mass is 10.2. The summed E-state index contributed by atoms with van der Waals surface area (Å²) in [7, 11) is 0. The van der Waals surface area contributed by atoms with Crippen molar-refractivity contribution in [1.29, 1.82) is 5.26 Å². The van der Waals surface area contributed by atoms with Crippen LogP contribution < -0.4 is 10.6 Å². The zero-order valence-electron chi connectivity index (χ0n) is 10.7. The Labute approximate surface area is 115 Å². The van der Waals surface area contributed by atoms with Crippen LogP contribution >= 0.6 is 0 Å².